The first kappa shape index (κ1) is 21.4. The van der Waals surface area contributed by atoms with Gasteiger partial charge < -0.3 is 15.4 Å². The molecule has 2 N–H and O–H groups in total. The van der Waals surface area contributed by atoms with Crippen molar-refractivity contribution in [2.24, 2.45) is 5.92 Å². The zero-order valence-corrected chi connectivity index (χ0v) is 15.4. The number of likely N-dealkylation sites (N-methyl/N-ethyl adjacent to an activating group) is 1. The van der Waals surface area contributed by atoms with Crippen molar-refractivity contribution in [2.45, 2.75) is 52.6 Å². The molecule has 0 fully saturated rings. The van der Waals surface area contributed by atoms with Crippen LogP contribution in [0.5, 0.6) is 0 Å². The van der Waals surface area contributed by atoms with Crippen LogP contribution in [0.1, 0.15) is 41.0 Å². The summed E-state index contributed by atoms with van der Waals surface area (Å²) in [6, 6.07) is -0.663. The summed E-state index contributed by atoms with van der Waals surface area (Å²) < 4.78 is 4.71. The fraction of sp³-hybridized carbons (Fsp3) is 0.812. The highest BCUT2D eigenvalue weighted by molar-refractivity contribution is 5.86. The molecule has 0 spiro atoms. The third kappa shape index (κ3) is 10.7. The highest BCUT2D eigenvalue weighted by Gasteiger charge is 2.23. The Morgan fingerprint density at radius 1 is 1.09 bits per heavy atom. The molecule has 0 saturated heterocycles. The summed E-state index contributed by atoms with van der Waals surface area (Å²) in [6.45, 7) is 9.75. The molecular weight excluding hydrogens is 298 g/mol. The van der Waals surface area contributed by atoms with E-state index in [1.807, 2.05) is 34.6 Å². The predicted molar refractivity (Wildman–Crippen MR) is 88.8 cm³/mol. The molecule has 0 bridgehead atoms. The van der Waals surface area contributed by atoms with Crippen LogP contribution in [0.15, 0.2) is 0 Å². The lowest BCUT2D eigenvalue weighted by Crippen LogP contribution is -2.49. The highest BCUT2D eigenvalue weighted by atomic mass is 16.5. The van der Waals surface area contributed by atoms with Crippen molar-refractivity contribution in [3.8, 4) is 0 Å². The molecule has 23 heavy (non-hydrogen) atoms. The SMILES string of the molecule is COC(=O)[C@H](CC(C)C)NC(=O)CN(C)CC(=O)NC(C)(C)C. The number of amides is 2. The first-order chi connectivity index (χ1) is 10.4. The first-order valence-corrected chi connectivity index (χ1v) is 7.81. The fourth-order valence-electron chi connectivity index (χ4n) is 2.07. The van der Waals surface area contributed by atoms with Gasteiger partial charge in [-0.2, -0.15) is 0 Å². The summed E-state index contributed by atoms with van der Waals surface area (Å²) in [5.74, 6) is -0.679. The first-order valence-electron chi connectivity index (χ1n) is 7.81. The molecule has 2 amide bonds. The molecule has 0 saturated carbocycles. The number of methoxy groups -OCH3 is 1. The number of hydrogen-bond donors (Lipinski definition) is 2. The lowest BCUT2D eigenvalue weighted by molar-refractivity contribution is -0.145. The fourth-order valence-corrected chi connectivity index (χ4v) is 2.07. The van der Waals surface area contributed by atoms with Crippen molar-refractivity contribution < 1.29 is 19.1 Å². The van der Waals surface area contributed by atoms with Crippen LogP contribution in [0.4, 0.5) is 0 Å². The highest BCUT2D eigenvalue weighted by Crippen LogP contribution is 2.06. The Labute approximate surface area is 139 Å². The lowest BCUT2D eigenvalue weighted by Gasteiger charge is -2.24. The second-order valence-electron chi connectivity index (χ2n) is 7.24. The van der Waals surface area contributed by atoms with Crippen LogP contribution in [0.25, 0.3) is 0 Å². The Kier molecular flexibility index (Phi) is 8.82. The van der Waals surface area contributed by atoms with E-state index < -0.39 is 12.0 Å². The van der Waals surface area contributed by atoms with Gasteiger partial charge in [-0.25, -0.2) is 4.79 Å². The minimum atomic E-state index is -0.663. The Morgan fingerprint density at radius 3 is 2.04 bits per heavy atom. The van der Waals surface area contributed by atoms with E-state index in [0.717, 1.165) is 0 Å². The van der Waals surface area contributed by atoms with E-state index in [1.54, 1.807) is 11.9 Å². The number of carbonyl (C=O) groups is 3. The maximum atomic E-state index is 12.0. The maximum Gasteiger partial charge on any atom is 0.328 e. The van der Waals surface area contributed by atoms with E-state index in [-0.39, 0.29) is 36.4 Å². The standard InChI is InChI=1S/C16H31N3O4/c1-11(2)8-12(15(22)23-7)17-13(20)9-19(6)10-14(21)18-16(3,4)5/h11-12H,8-10H2,1-7H3,(H,17,20)(H,18,21)/t12-/m0/s1. The number of rotatable bonds is 8. The van der Waals surface area contributed by atoms with Crippen LogP contribution in [-0.4, -0.2) is 61.5 Å². The van der Waals surface area contributed by atoms with E-state index in [9.17, 15) is 14.4 Å². The summed E-state index contributed by atoms with van der Waals surface area (Å²) in [5, 5.41) is 5.50. The van der Waals surface area contributed by atoms with Crippen LogP contribution in [-0.2, 0) is 19.1 Å². The molecule has 0 aliphatic heterocycles. The van der Waals surface area contributed by atoms with Crippen LogP contribution < -0.4 is 10.6 Å². The Balaban J connectivity index is 4.44. The molecule has 7 heteroatoms. The molecule has 0 aliphatic carbocycles. The van der Waals surface area contributed by atoms with Gasteiger partial charge in [0.25, 0.3) is 0 Å². The average molecular weight is 329 g/mol. The van der Waals surface area contributed by atoms with Gasteiger partial charge in [-0.3, -0.25) is 14.5 Å². The van der Waals surface area contributed by atoms with E-state index in [2.05, 4.69) is 10.6 Å². The number of hydrogen-bond acceptors (Lipinski definition) is 5. The second kappa shape index (κ2) is 9.50. The van der Waals surface area contributed by atoms with Gasteiger partial charge in [-0.1, -0.05) is 13.8 Å². The smallest absolute Gasteiger partial charge is 0.328 e. The Bertz CT molecular complexity index is 416. The third-order valence-electron chi connectivity index (χ3n) is 2.87. The number of esters is 1. The van der Waals surface area contributed by atoms with Gasteiger partial charge in [0, 0.05) is 5.54 Å². The largest absolute Gasteiger partial charge is 0.467 e. The van der Waals surface area contributed by atoms with Crippen molar-refractivity contribution in [3.05, 3.63) is 0 Å². The van der Waals surface area contributed by atoms with Crippen molar-refractivity contribution in [3.63, 3.8) is 0 Å². The molecule has 0 aromatic carbocycles. The van der Waals surface area contributed by atoms with Crippen LogP contribution in [0, 0.1) is 5.92 Å². The quantitative estimate of drug-likeness (QED) is 0.635. The number of nitrogens with zero attached hydrogens (tertiary/aromatic N) is 1. The summed E-state index contributed by atoms with van der Waals surface area (Å²) >= 11 is 0. The molecule has 0 radical (unpaired) electrons. The topological polar surface area (TPSA) is 87.7 Å². The molecule has 1 atom stereocenters. The van der Waals surface area contributed by atoms with Crippen LogP contribution >= 0.6 is 0 Å². The van der Waals surface area contributed by atoms with Crippen molar-refractivity contribution >= 4 is 17.8 Å². The molecule has 0 unspecified atom stereocenters. The zero-order valence-electron chi connectivity index (χ0n) is 15.4. The van der Waals surface area contributed by atoms with Crippen LogP contribution in [0.2, 0.25) is 0 Å². The van der Waals surface area contributed by atoms with E-state index >= 15 is 0 Å². The van der Waals surface area contributed by atoms with Gasteiger partial charge in [0.2, 0.25) is 11.8 Å². The van der Waals surface area contributed by atoms with Gasteiger partial charge in [-0.15, -0.1) is 0 Å². The van der Waals surface area contributed by atoms with Crippen LogP contribution in [0.3, 0.4) is 0 Å². The van der Waals surface area contributed by atoms with Crippen molar-refractivity contribution in [1.82, 2.24) is 15.5 Å². The maximum absolute atomic E-state index is 12.0. The molecule has 0 rings (SSSR count). The van der Waals surface area contributed by atoms with Gasteiger partial charge >= 0.3 is 5.97 Å². The minimum absolute atomic E-state index is 0.0309. The van der Waals surface area contributed by atoms with Crippen molar-refractivity contribution in [2.75, 3.05) is 27.2 Å². The average Bonchev–Trinajstić information content (AvgIpc) is 2.33. The van der Waals surface area contributed by atoms with Gasteiger partial charge in [-0.05, 0) is 40.2 Å². The number of carbonyl (C=O) groups excluding carboxylic acids is 3. The molecule has 0 aliphatic rings. The van der Waals surface area contributed by atoms with E-state index in [1.165, 1.54) is 7.11 Å². The molecule has 0 heterocycles. The molecule has 0 aromatic rings. The molecular formula is C16H31N3O4. The van der Waals surface area contributed by atoms with E-state index in [4.69, 9.17) is 4.74 Å². The summed E-state index contributed by atoms with van der Waals surface area (Å²) in [4.78, 5) is 37.1. The summed E-state index contributed by atoms with van der Waals surface area (Å²) in [5.41, 5.74) is -0.312. The Hall–Kier alpha value is -1.63. The van der Waals surface area contributed by atoms with Gasteiger partial charge in [0.05, 0.1) is 20.2 Å². The molecule has 0 aromatic heterocycles. The molecule has 134 valence electrons. The lowest BCUT2D eigenvalue weighted by atomic mass is 10.0. The summed E-state index contributed by atoms with van der Waals surface area (Å²) in [6.07, 6.45) is 0.507. The molecule has 7 nitrogen and oxygen atoms in total. The summed E-state index contributed by atoms with van der Waals surface area (Å²) in [7, 11) is 2.97. The van der Waals surface area contributed by atoms with E-state index in [0.29, 0.717) is 6.42 Å². The second-order valence-corrected chi connectivity index (χ2v) is 7.24. The van der Waals surface area contributed by atoms with Gasteiger partial charge in [0.15, 0.2) is 0 Å². The monoisotopic (exact) mass is 329 g/mol. The minimum Gasteiger partial charge on any atom is -0.467 e. The van der Waals surface area contributed by atoms with Crippen molar-refractivity contribution in [1.29, 1.82) is 0 Å². The third-order valence-corrected chi connectivity index (χ3v) is 2.87. The predicted octanol–water partition coefficient (Wildman–Crippen LogP) is 0.537. The zero-order chi connectivity index (χ0) is 18.2. The van der Waals surface area contributed by atoms with Gasteiger partial charge in [0.1, 0.15) is 6.04 Å². The number of ether oxygens (including phenoxy) is 1. The number of nitrogens with one attached hydrogen (secondary N) is 2. The Morgan fingerprint density at radius 2 is 1.61 bits per heavy atom. The normalized spacial score (nSPS) is 12.9.